The van der Waals surface area contributed by atoms with Gasteiger partial charge in [0.1, 0.15) is 10.7 Å². The third kappa shape index (κ3) is 1.90. The summed E-state index contributed by atoms with van der Waals surface area (Å²) in [5.74, 6) is 0. The van der Waals surface area contributed by atoms with Crippen molar-refractivity contribution in [1.29, 1.82) is 0 Å². The molecule has 4 heteroatoms. The van der Waals surface area contributed by atoms with Crippen molar-refractivity contribution in [3.8, 4) is 22.0 Å². The number of nitrogens with one attached hydrogen (secondary N) is 1. The van der Waals surface area contributed by atoms with Crippen LogP contribution in [0.4, 0.5) is 0 Å². The lowest BCUT2D eigenvalue weighted by Gasteiger charge is -1.94. The van der Waals surface area contributed by atoms with E-state index in [1.54, 1.807) is 17.5 Å². The molecule has 0 saturated carbocycles. The van der Waals surface area contributed by atoms with E-state index in [9.17, 15) is 0 Å². The Bertz CT molecular complexity index is 828. The largest absolute Gasteiger partial charge is 0.337 e. The monoisotopic (exact) mass is 277 g/mol. The van der Waals surface area contributed by atoms with E-state index in [0.29, 0.717) is 0 Å². The second kappa shape index (κ2) is 4.58. The number of fused-ring (bicyclic) bond motifs is 1. The van der Waals surface area contributed by atoms with Crippen molar-refractivity contribution in [2.24, 2.45) is 0 Å². The number of H-pyrrole nitrogens is 1. The lowest BCUT2D eigenvalue weighted by atomic mass is 10.2. The molecule has 0 unspecified atom stereocenters. The van der Waals surface area contributed by atoms with Crippen molar-refractivity contribution in [2.75, 3.05) is 0 Å². The maximum absolute atomic E-state index is 4.71. The molecule has 0 fully saturated rings. The highest BCUT2D eigenvalue weighted by Crippen LogP contribution is 2.29. The van der Waals surface area contributed by atoms with Crippen LogP contribution in [-0.4, -0.2) is 15.0 Å². The molecule has 0 amide bonds. The molecule has 1 aromatic carbocycles. The third-order valence-corrected chi connectivity index (χ3v) is 4.07. The van der Waals surface area contributed by atoms with E-state index >= 15 is 0 Å². The van der Waals surface area contributed by atoms with Crippen molar-refractivity contribution in [2.45, 2.75) is 0 Å². The molecule has 0 aliphatic rings. The number of nitrogens with zero attached hydrogens (tertiary/aromatic N) is 2. The average Bonchev–Trinajstić information content (AvgIpc) is 3.14. The van der Waals surface area contributed by atoms with Crippen LogP contribution in [0.15, 0.2) is 60.1 Å². The first kappa shape index (κ1) is 11.4. The van der Waals surface area contributed by atoms with Gasteiger partial charge in [0, 0.05) is 22.5 Å². The second-order valence-corrected chi connectivity index (χ2v) is 5.39. The van der Waals surface area contributed by atoms with Crippen LogP contribution < -0.4 is 0 Å². The van der Waals surface area contributed by atoms with Crippen LogP contribution in [0.25, 0.3) is 33.0 Å². The minimum absolute atomic E-state index is 0.902. The smallest absolute Gasteiger partial charge is 0.140 e. The summed E-state index contributed by atoms with van der Waals surface area (Å²) in [5.41, 5.74) is 4.08. The van der Waals surface area contributed by atoms with Crippen LogP contribution in [-0.2, 0) is 0 Å². The molecular weight excluding hydrogens is 266 g/mol. The standard InChI is InChI=1S/C16H11N3S/c1-2-5-11(6-3-1)14-10-20-16(19-14)13-9-12-7-4-8-17-15(12)18-13/h1-10H,(H,17,18). The van der Waals surface area contributed by atoms with Crippen LogP contribution in [0.5, 0.6) is 0 Å². The van der Waals surface area contributed by atoms with E-state index in [0.717, 1.165) is 33.0 Å². The zero-order valence-corrected chi connectivity index (χ0v) is 11.4. The van der Waals surface area contributed by atoms with Gasteiger partial charge in [-0.05, 0) is 18.2 Å². The van der Waals surface area contributed by atoms with Crippen molar-refractivity contribution in [1.82, 2.24) is 15.0 Å². The van der Waals surface area contributed by atoms with Crippen LogP contribution in [0.1, 0.15) is 0 Å². The summed E-state index contributed by atoms with van der Waals surface area (Å²) in [6, 6.07) is 16.3. The summed E-state index contributed by atoms with van der Waals surface area (Å²) < 4.78 is 0. The summed E-state index contributed by atoms with van der Waals surface area (Å²) in [6.45, 7) is 0. The molecule has 0 saturated heterocycles. The minimum Gasteiger partial charge on any atom is -0.337 e. The molecule has 1 N–H and O–H groups in total. The summed E-state index contributed by atoms with van der Waals surface area (Å²) in [7, 11) is 0. The SMILES string of the molecule is c1ccc(-c2csc(-c3cc4cccnc4[nH]3)n2)cc1. The average molecular weight is 277 g/mol. The van der Waals surface area contributed by atoms with Gasteiger partial charge in [-0.2, -0.15) is 0 Å². The Hall–Kier alpha value is -2.46. The van der Waals surface area contributed by atoms with Crippen LogP contribution in [0.3, 0.4) is 0 Å². The number of rotatable bonds is 2. The zero-order valence-electron chi connectivity index (χ0n) is 10.6. The van der Waals surface area contributed by atoms with Gasteiger partial charge in [-0.25, -0.2) is 9.97 Å². The lowest BCUT2D eigenvalue weighted by Crippen LogP contribution is -1.79. The van der Waals surface area contributed by atoms with Gasteiger partial charge in [-0.1, -0.05) is 30.3 Å². The summed E-state index contributed by atoms with van der Waals surface area (Å²) in [4.78, 5) is 12.3. The Morgan fingerprint density at radius 1 is 1.00 bits per heavy atom. The molecule has 4 rings (SSSR count). The highest BCUT2D eigenvalue weighted by Gasteiger charge is 2.09. The molecule has 0 spiro atoms. The number of aromatic nitrogens is 3. The first-order valence-electron chi connectivity index (χ1n) is 6.35. The topological polar surface area (TPSA) is 41.6 Å². The highest BCUT2D eigenvalue weighted by atomic mass is 32.1. The first-order valence-corrected chi connectivity index (χ1v) is 7.23. The molecule has 20 heavy (non-hydrogen) atoms. The maximum Gasteiger partial charge on any atom is 0.140 e. The Balaban J connectivity index is 1.78. The molecule has 3 nitrogen and oxygen atoms in total. The Kier molecular flexibility index (Phi) is 2.60. The van der Waals surface area contributed by atoms with E-state index in [4.69, 9.17) is 4.98 Å². The quantitative estimate of drug-likeness (QED) is 0.591. The number of benzene rings is 1. The van der Waals surface area contributed by atoms with Crippen molar-refractivity contribution in [3.05, 3.63) is 60.1 Å². The molecule has 3 heterocycles. The van der Waals surface area contributed by atoms with Crippen LogP contribution >= 0.6 is 11.3 Å². The fraction of sp³-hybridized carbons (Fsp3) is 0. The Labute approximate surface area is 120 Å². The number of pyridine rings is 1. The molecule has 3 aromatic heterocycles. The molecule has 4 aromatic rings. The normalized spacial score (nSPS) is 11.0. The first-order chi connectivity index (χ1) is 9.90. The van der Waals surface area contributed by atoms with Gasteiger partial charge in [0.2, 0.25) is 0 Å². The molecule has 0 aliphatic carbocycles. The molecule has 0 radical (unpaired) electrons. The Morgan fingerprint density at radius 3 is 2.75 bits per heavy atom. The number of hydrogen-bond donors (Lipinski definition) is 1. The van der Waals surface area contributed by atoms with Crippen LogP contribution in [0.2, 0.25) is 0 Å². The number of hydrogen-bond acceptors (Lipinski definition) is 3. The zero-order chi connectivity index (χ0) is 13.4. The fourth-order valence-electron chi connectivity index (χ4n) is 2.21. The van der Waals surface area contributed by atoms with Gasteiger partial charge in [0.05, 0.1) is 11.4 Å². The molecule has 0 aliphatic heterocycles. The van der Waals surface area contributed by atoms with Gasteiger partial charge in [-0.15, -0.1) is 11.3 Å². The summed E-state index contributed by atoms with van der Waals surface area (Å²) in [5, 5.41) is 4.18. The van der Waals surface area contributed by atoms with Gasteiger partial charge in [-0.3, -0.25) is 0 Å². The van der Waals surface area contributed by atoms with Gasteiger partial charge in [0.25, 0.3) is 0 Å². The van der Waals surface area contributed by atoms with E-state index in [1.807, 2.05) is 30.3 Å². The summed E-state index contributed by atoms with van der Waals surface area (Å²) >= 11 is 1.64. The maximum atomic E-state index is 4.71. The summed E-state index contributed by atoms with van der Waals surface area (Å²) in [6.07, 6.45) is 1.79. The Morgan fingerprint density at radius 2 is 1.90 bits per heavy atom. The molecular formula is C16H11N3S. The van der Waals surface area contributed by atoms with Crippen molar-refractivity contribution >= 4 is 22.4 Å². The van der Waals surface area contributed by atoms with E-state index < -0.39 is 0 Å². The number of thiazole rings is 1. The minimum atomic E-state index is 0.902. The third-order valence-electron chi connectivity index (χ3n) is 3.20. The van der Waals surface area contributed by atoms with Crippen molar-refractivity contribution < 1.29 is 0 Å². The van der Waals surface area contributed by atoms with Crippen LogP contribution in [0, 0.1) is 0 Å². The lowest BCUT2D eigenvalue weighted by molar-refractivity contribution is 1.31. The van der Waals surface area contributed by atoms with E-state index in [-0.39, 0.29) is 0 Å². The predicted octanol–water partition coefficient (Wildman–Crippen LogP) is 4.35. The van der Waals surface area contributed by atoms with E-state index in [2.05, 4.69) is 33.5 Å². The number of aromatic amines is 1. The molecule has 0 atom stereocenters. The van der Waals surface area contributed by atoms with E-state index in [1.165, 1.54) is 0 Å². The van der Waals surface area contributed by atoms with Crippen molar-refractivity contribution in [3.63, 3.8) is 0 Å². The van der Waals surface area contributed by atoms with Gasteiger partial charge in [0.15, 0.2) is 0 Å². The predicted molar refractivity (Wildman–Crippen MR) is 82.6 cm³/mol. The molecule has 0 bridgehead atoms. The highest BCUT2D eigenvalue weighted by molar-refractivity contribution is 7.13. The second-order valence-electron chi connectivity index (χ2n) is 4.53. The molecule has 96 valence electrons. The fourth-order valence-corrected chi connectivity index (χ4v) is 3.01. The van der Waals surface area contributed by atoms with Gasteiger partial charge < -0.3 is 4.98 Å². The van der Waals surface area contributed by atoms with Gasteiger partial charge >= 0.3 is 0 Å².